The monoisotopic (exact) mass is 114 g/mol. The second kappa shape index (κ2) is 1.79. The summed E-state index contributed by atoms with van der Waals surface area (Å²) in [4.78, 5) is 10.2. The van der Waals surface area contributed by atoms with Crippen LogP contribution in [0.5, 0.6) is 0 Å². The first-order valence-corrected chi connectivity index (χ1v) is 2.53. The molecule has 7 heavy (non-hydrogen) atoms. The molecule has 1 rings (SSSR count). The molecule has 0 bridgehead atoms. The first kappa shape index (κ1) is 4.39. The Labute approximate surface area is 43.7 Å². The molecule has 0 saturated carbocycles. The molecule has 0 radical (unpaired) electrons. The minimum Gasteiger partial charge on any atom is -0.276 e. The summed E-state index contributed by atoms with van der Waals surface area (Å²) >= 11 is 1.04. The van der Waals surface area contributed by atoms with Crippen molar-refractivity contribution < 1.29 is 0 Å². The summed E-state index contributed by atoms with van der Waals surface area (Å²) in [5.74, 6) is 0. The van der Waals surface area contributed by atoms with Crippen molar-refractivity contribution in [3.05, 3.63) is 21.2 Å². The lowest BCUT2D eigenvalue weighted by Gasteiger charge is -1.68. The fraction of sp³-hybridized carbons (Fsp3) is 0. The van der Waals surface area contributed by atoms with Crippen molar-refractivity contribution >= 4 is 11.3 Å². The van der Waals surface area contributed by atoms with Gasteiger partial charge in [-0.2, -0.15) is 5.10 Å². The molecule has 0 aromatic carbocycles. The molecule has 3 nitrogen and oxygen atoms in total. The maximum absolute atomic E-state index is 10.2. The third-order valence-corrected chi connectivity index (χ3v) is 0.983. The minimum absolute atomic E-state index is 0.0602. The summed E-state index contributed by atoms with van der Waals surface area (Å²) in [7, 11) is 0. The second-order valence-electron chi connectivity index (χ2n) is 0.902. The van der Waals surface area contributed by atoms with Gasteiger partial charge in [0, 0.05) is 0 Å². The summed E-state index contributed by atoms with van der Waals surface area (Å²) < 4.78 is -0.0602. The SMILES string of the molecule is O=c1cnncs1. The highest BCUT2D eigenvalue weighted by Gasteiger charge is 1.74. The Morgan fingerprint density at radius 1 is 1.57 bits per heavy atom. The summed E-state index contributed by atoms with van der Waals surface area (Å²) in [5, 5.41) is 6.75. The lowest BCUT2D eigenvalue weighted by atomic mass is 11.0. The molecule has 0 fully saturated rings. The summed E-state index contributed by atoms with van der Waals surface area (Å²) in [6.45, 7) is 0. The van der Waals surface area contributed by atoms with Crippen molar-refractivity contribution in [2.24, 2.45) is 0 Å². The molecule has 1 aromatic heterocycles. The fourth-order valence-electron chi connectivity index (χ4n) is 0.214. The zero-order chi connectivity index (χ0) is 5.11. The van der Waals surface area contributed by atoms with Gasteiger partial charge in [0.15, 0.2) is 0 Å². The van der Waals surface area contributed by atoms with Gasteiger partial charge in [-0.3, -0.25) is 4.79 Å². The van der Waals surface area contributed by atoms with E-state index in [0.717, 1.165) is 11.3 Å². The van der Waals surface area contributed by atoms with Gasteiger partial charge in [-0.25, -0.2) is 0 Å². The molecule has 0 amide bonds. The van der Waals surface area contributed by atoms with E-state index >= 15 is 0 Å². The normalized spacial score (nSPS) is 8.57. The predicted molar refractivity (Wildman–Crippen MR) is 26.2 cm³/mol. The molecule has 0 unspecified atom stereocenters. The van der Waals surface area contributed by atoms with Gasteiger partial charge in [0.05, 0.1) is 0 Å². The number of nitrogens with zero attached hydrogens (tertiary/aromatic N) is 2. The lowest BCUT2D eigenvalue weighted by molar-refractivity contribution is 1.05. The lowest BCUT2D eigenvalue weighted by Crippen LogP contribution is -1.91. The van der Waals surface area contributed by atoms with Gasteiger partial charge in [0.25, 0.3) is 4.74 Å². The molecule has 0 spiro atoms. The average molecular weight is 114 g/mol. The summed E-state index contributed by atoms with van der Waals surface area (Å²) in [6, 6.07) is 0. The Morgan fingerprint density at radius 3 is 2.71 bits per heavy atom. The van der Waals surface area contributed by atoms with E-state index in [1.54, 1.807) is 0 Å². The molecule has 0 aliphatic heterocycles. The molecule has 0 N–H and O–H groups in total. The highest BCUT2D eigenvalue weighted by atomic mass is 32.1. The molecule has 0 aliphatic rings. The van der Waals surface area contributed by atoms with Crippen LogP contribution in [0.15, 0.2) is 16.5 Å². The van der Waals surface area contributed by atoms with Gasteiger partial charge >= 0.3 is 0 Å². The van der Waals surface area contributed by atoms with E-state index in [-0.39, 0.29) is 4.74 Å². The van der Waals surface area contributed by atoms with Crippen molar-refractivity contribution in [1.82, 2.24) is 10.2 Å². The van der Waals surface area contributed by atoms with Crippen LogP contribution in [0.3, 0.4) is 0 Å². The van der Waals surface area contributed by atoms with Crippen LogP contribution in [-0.2, 0) is 0 Å². The topological polar surface area (TPSA) is 42.9 Å². The smallest absolute Gasteiger partial charge is 0.253 e. The molecular weight excluding hydrogens is 112 g/mol. The zero-order valence-corrected chi connectivity index (χ0v) is 4.18. The van der Waals surface area contributed by atoms with Crippen LogP contribution in [0, 0.1) is 0 Å². The van der Waals surface area contributed by atoms with Gasteiger partial charge < -0.3 is 0 Å². The quantitative estimate of drug-likeness (QED) is 0.473. The Balaban J connectivity index is 3.28. The highest BCUT2D eigenvalue weighted by Crippen LogP contribution is 1.71. The van der Waals surface area contributed by atoms with Crippen molar-refractivity contribution in [2.45, 2.75) is 0 Å². The molecule has 0 aliphatic carbocycles. The second-order valence-corrected chi connectivity index (χ2v) is 1.75. The van der Waals surface area contributed by atoms with Gasteiger partial charge in [-0.15, -0.1) is 5.10 Å². The van der Waals surface area contributed by atoms with E-state index in [0.29, 0.717) is 0 Å². The van der Waals surface area contributed by atoms with Crippen LogP contribution >= 0.6 is 11.3 Å². The first-order chi connectivity index (χ1) is 3.39. The minimum atomic E-state index is -0.0602. The summed E-state index contributed by atoms with van der Waals surface area (Å²) in [6.07, 6.45) is 1.19. The number of hydrogen-bond acceptors (Lipinski definition) is 4. The third-order valence-electron chi connectivity index (χ3n) is 0.446. The van der Waals surface area contributed by atoms with Crippen LogP contribution in [-0.4, -0.2) is 10.2 Å². The van der Waals surface area contributed by atoms with Crippen molar-refractivity contribution in [3.63, 3.8) is 0 Å². The highest BCUT2D eigenvalue weighted by molar-refractivity contribution is 7.06. The number of hydrogen-bond donors (Lipinski definition) is 0. The largest absolute Gasteiger partial charge is 0.276 e. The molecule has 36 valence electrons. The van der Waals surface area contributed by atoms with Crippen LogP contribution < -0.4 is 4.74 Å². The standard InChI is InChI=1S/C3H2N2OS/c6-3-1-4-5-2-7-3/h1-2H. The van der Waals surface area contributed by atoms with Crippen molar-refractivity contribution in [1.29, 1.82) is 0 Å². The Morgan fingerprint density at radius 2 is 2.43 bits per heavy atom. The maximum Gasteiger partial charge on any atom is 0.253 e. The third kappa shape index (κ3) is 1.04. The van der Waals surface area contributed by atoms with Crippen molar-refractivity contribution in [2.75, 3.05) is 0 Å². The van der Waals surface area contributed by atoms with E-state index in [9.17, 15) is 4.79 Å². The number of aromatic nitrogens is 2. The van der Waals surface area contributed by atoms with Gasteiger partial charge in [-0.05, 0) is 0 Å². The van der Waals surface area contributed by atoms with Crippen LogP contribution in [0.1, 0.15) is 0 Å². The molecule has 4 heteroatoms. The molecular formula is C3H2N2OS. The Hall–Kier alpha value is -0.770. The van der Waals surface area contributed by atoms with Gasteiger partial charge in [0.1, 0.15) is 11.7 Å². The van der Waals surface area contributed by atoms with Gasteiger partial charge in [-0.1, -0.05) is 11.3 Å². The predicted octanol–water partition coefficient (Wildman–Crippen LogP) is -0.102. The van der Waals surface area contributed by atoms with Crippen LogP contribution in [0.25, 0.3) is 0 Å². The molecule has 1 heterocycles. The van der Waals surface area contributed by atoms with Crippen LogP contribution in [0.4, 0.5) is 0 Å². The van der Waals surface area contributed by atoms with E-state index in [2.05, 4.69) is 10.2 Å². The zero-order valence-electron chi connectivity index (χ0n) is 3.37. The Kier molecular flexibility index (Phi) is 1.12. The van der Waals surface area contributed by atoms with Crippen molar-refractivity contribution in [3.8, 4) is 0 Å². The summed E-state index contributed by atoms with van der Waals surface area (Å²) in [5.41, 5.74) is 1.41. The molecule has 0 atom stereocenters. The molecule has 1 aromatic rings. The Bertz CT molecular complexity index is 179. The maximum atomic E-state index is 10.2. The molecule has 0 saturated heterocycles. The van der Waals surface area contributed by atoms with E-state index in [1.165, 1.54) is 11.7 Å². The first-order valence-electron chi connectivity index (χ1n) is 1.65. The van der Waals surface area contributed by atoms with Crippen LogP contribution in [0.2, 0.25) is 0 Å². The van der Waals surface area contributed by atoms with E-state index in [1.807, 2.05) is 0 Å². The van der Waals surface area contributed by atoms with E-state index < -0.39 is 0 Å². The van der Waals surface area contributed by atoms with Gasteiger partial charge in [0.2, 0.25) is 0 Å². The number of rotatable bonds is 0. The van der Waals surface area contributed by atoms with E-state index in [4.69, 9.17) is 0 Å². The average Bonchev–Trinajstić information content (AvgIpc) is 1.69. The fourth-order valence-corrected chi connectivity index (χ4v) is 0.527.